The van der Waals surface area contributed by atoms with E-state index in [0.717, 1.165) is 38.6 Å². The van der Waals surface area contributed by atoms with Crippen LogP contribution in [0.15, 0.2) is 4.99 Å². The lowest BCUT2D eigenvalue weighted by Crippen LogP contribution is -2.47. The van der Waals surface area contributed by atoms with Gasteiger partial charge in [-0.1, -0.05) is 20.8 Å². The number of nitrogens with two attached hydrogens (primary N) is 1. The Morgan fingerprint density at radius 1 is 1.24 bits per heavy atom. The summed E-state index contributed by atoms with van der Waals surface area (Å²) in [6.07, 6.45) is 1.09. The van der Waals surface area contributed by atoms with Crippen molar-refractivity contribution in [2.75, 3.05) is 40.3 Å². The Labute approximate surface area is 106 Å². The number of rotatable bonds is 7. The number of hydrazine groups is 1. The summed E-state index contributed by atoms with van der Waals surface area (Å²) in [6, 6.07) is 0. The molecule has 0 unspecified atom stereocenters. The van der Waals surface area contributed by atoms with Crippen molar-refractivity contribution in [1.82, 2.24) is 15.2 Å². The van der Waals surface area contributed by atoms with Crippen molar-refractivity contribution in [3.8, 4) is 0 Å². The minimum atomic E-state index is 0.552. The van der Waals surface area contributed by atoms with Crippen molar-refractivity contribution < 1.29 is 0 Å². The van der Waals surface area contributed by atoms with Crippen LogP contribution in [-0.4, -0.2) is 56.0 Å². The van der Waals surface area contributed by atoms with Crippen LogP contribution in [0.5, 0.6) is 0 Å². The van der Waals surface area contributed by atoms with Gasteiger partial charge in [0, 0.05) is 26.2 Å². The summed E-state index contributed by atoms with van der Waals surface area (Å²) in [5, 5.41) is 0. The predicted molar refractivity (Wildman–Crippen MR) is 74.9 cm³/mol. The average molecular weight is 243 g/mol. The molecular weight excluding hydrogens is 214 g/mol. The molecule has 0 aliphatic carbocycles. The zero-order chi connectivity index (χ0) is 13.3. The molecule has 0 aromatic carbocycles. The maximum atomic E-state index is 5.56. The molecule has 0 radical (unpaired) electrons. The van der Waals surface area contributed by atoms with Gasteiger partial charge in [-0.2, -0.15) is 0 Å². The third-order valence-electron chi connectivity index (χ3n) is 2.35. The zero-order valence-electron chi connectivity index (χ0n) is 12.0. The van der Waals surface area contributed by atoms with Crippen molar-refractivity contribution >= 4 is 5.96 Å². The summed E-state index contributed by atoms with van der Waals surface area (Å²) in [5.41, 5.74) is 2.72. The van der Waals surface area contributed by atoms with Crippen LogP contribution in [0.25, 0.3) is 0 Å². The fourth-order valence-corrected chi connectivity index (χ4v) is 1.42. The highest BCUT2D eigenvalue weighted by Crippen LogP contribution is 1.97. The Hall–Kier alpha value is -0.810. The number of hydrogen-bond donors (Lipinski definition) is 2. The second kappa shape index (κ2) is 9.24. The number of hydrogen-bond acceptors (Lipinski definition) is 3. The summed E-state index contributed by atoms with van der Waals surface area (Å²) < 4.78 is 0. The molecule has 17 heavy (non-hydrogen) atoms. The minimum Gasteiger partial charge on any atom is -0.341 e. The summed E-state index contributed by atoms with van der Waals surface area (Å²) in [5.74, 6) is 6.92. The van der Waals surface area contributed by atoms with E-state index in [1.165, 1.54) is 0 Å². The van der Waals surface area contributed by atoms with E-state index in [9.17, 15) is 0 Å². The van der Waals surface area contributed by atoms with E-state index in [0.29, 0.717) is 5.92 Å². The molecule has 5 heteroatoms. The predicted octanol–water partition coefficient (Wildman–Crippen LogP) is 0.735. The van der Waals surface area contributed by atoms with Crippen molar-refractivity contribution in [2.45, 2.75) is 27.2 Å². The maximum absolute atomic E-state index is 5.56. The van der Waals surface area contributed by atoms with Crippen LogP contribution < -0.4 is 11.3 Å². The van der Waals surface area contributed by atoms with Crippen molar-refractivity contribution in [1.29, 1.82) is 0 Å². The number of guanidine groups is 1. The highest BCUT2D eigenvalue weighted by Gasteiger charge is 2.09. The molecule has 0 bridgehead atoms. The normalized spacial score (nSPS) is 12.4. The third-order valence-corrected chi connectivity index (χ3v) is 2.35. The fourth-order valence-electron chi connectivity index (χ4n) is 1.42. The van der Waals surface area contributed by atoms with Gasteiger partial charge < -0.3 is 9.80 Å². The lowest BCUT2D eigenvalue weighted by molar-refractivity contribution is 0.322. The second-order valence-electron chi connectivity index (χ2n) is 4.99. The number of aliphatic imine (C=N–C) groups is 1. The molecule has 0 aliphatic heterocycles. The molecule has 0 spiro atoms. The lowest BCUT2D eigenvalue weighted by atomic mass is 10.2. The van der Waals surface area contributed by atoms with Crippen LogP contribution in [0, 0.1) is 5.92 Å². The van der Waals surface area contributed by atoms with Crippen molar-refractivity contribution in [3.63, 3.8) is 0 Å². The fraction of sp³-hybridized carbons (Fsp3) is 0.917. The first-order valence-electron chi connectivity index (χ1n) is 6.42. The van der Waals surface area contributed by atoms with Gasteiger partial charge in [0.1, 0.15) is 0 Å². The highest BCUT2D eigenvalue weighted by atomic mass is 15.4. The molecule has 5 nitrogen and oxygen atoms in total. The lowest BCUT2D eigenvalue weighted by Gasteiger charge is -2.26. The van der Waals surface area contributed by atoms with Gasteiger partial charge >= 0.3 is 0 Å². The Morgan fingerprint density at radius 2 is 1.88 bits per heavy atom. The molecule has 0 saturated carbocycles. The Kier molecular flexibility index (Phi) is 8.80. The van der Waals surface area contributed by atoms with Crippen LogP contribution in [0.4, 0.5) is 0 Å². The molecule has 0 heterocycles. The smallest absolute Gasteiger partial charge is 0.208 e. The van der Waals surface area contributed by atoms with Crippen LogP contribution in [0.2, 0.25) is 0 Å². The molecule has 3 N–H and O–H groups in total. The van der Waals surface area contributed by atoms with E-state index in [1.54, 1.807) is 0 Å². The topological polar surface area (TPSA) is 56.9 Å². The minimum absolute atomic E-state index is 0.552. The van der Waals surface area contributed by atoms with Crippen LogP contribution in [0.1, 0.15) is 27.2 Å². The van der Waals surface area contributed by atoms with E-state index in [-0.39, 0.29) is 0 Å². The molecule has 0 atom stereocenters. The van der Waals surface area contributed by atoms with Gasteiger partial charge in [0.25, 0.3) is 0 Å². The number of likely N-dealkylation sites (N-methyl/N-ethyl adjacent to an activating group) is 1. The van der Waals surface area contributed by atoms with Gasteiger partial charge in [0.2, 0.25) is 5.96 Å². The molecule has 0 aromatic rings. The van der Waals surface area contributed by atoms with Gasteiger partial charge in [-0.25, -0.2) is 5.84 Å². The summed E-state index contributed by atoms with van der Waals surface area (Å²) in [6.45, 7) is 10.2. The van der Waals surface area contributed by atoms with Gasteiger partial charge in [-0.15, -0.1) is 0 Å². The monoisotopic (exact) mass is 243 g/mol. The average Bonchev–Trinajstić information content (AvgIpc) is 2.25. The van der Waals surface area contributed by atoms with Gasteiger partial charge in [-0.3, -0.25) is 10.4 Å². The maximum Gasteiger partial charge on any atom is 0.208 e. The van der Waals surface area contributed by atoms with E-state index in [1.807, 2.05) is 0 Å². The molecule has 0 aliphatic rings. The Balaban J connectivity index is 4.44. The van der Waals surface area contributed by atoms with E-state index in [2.05, 4.69) is 55.1 Å². The van der Waals surface area contributed by atoms with Crippen molar-refractivity contribution in [2.24, 2.45) is 16.8 Å². The first-order valence-corrected chi connectivity index (χ1v) is 6.42. The first kappa shape index (κ1) is 16.2. The van der Waals surface area contributed by atoms with Crippen molar-refractivity contribution in [3.05, 3.63) is 0 Å². The van der Waals surface area contributed by atoms with Gasteiger partial charge in [-0.05, 0) is 26.4 Å². The van der Waals surface area contributed by atoms with E-state index in [4.69, 9.17) is 5.84 Å². The zero-order valence-corrected chi connectivity index (χ0v) is 12.0. The van der Waals surface area contributed by atoms with Gasteiger partial charge in [0.15, 0.2) is 0 Å². The van der Waals surface area contributed by atoms with E-state index < -0.39 is 0 Å². The summed E-state index contributed by atoms with van der Waals surface area (Å²) in [4.78, 5) is 8.90. The highest BCUT2D eigenvalue weighted by molar-refractivity contribution is 5.79. The summed E-state index contributed by atoms with van der Waals surface area (Å²) in [7, 11) is 4.15. The molecule has 102 valence electrons. The number of nitrogens with one attached hydrogen (secondary N) is 1. The quantitative estimate of drug-likeness (QED) is 0.300. The SMILES string of the molecule is CCCN(CCN(C)C)C(=NCC(C)C)NN. The molecule has 0 aromatic heterocycles. The Bertz CT molecular complexity index is 213. The summed E-state index contributed by atoms with van der Waals surface area (Å²) >= 11 is 0. The number of nitrogens with zero attached hydrogens (tertiary/aromatic N) is 3. The van der Waals surface area contributed by atoms with Crippen LogP contribution in [-0.2, 0) is 0 Å². The second-order valence-corrected chi connectivity index (χ2v) is 4.99. The molecule has 0 saturated heterocycles. The molecule has 0 amide bonds. The molecule has 0 rings (SSSR count). The first-order chi connectivity index (χ1) is 8.01. The standard InChI is InChI=1S/C12H29N5/c1-6-7-17(9-8-16(4)5)12(15-13)14-10-11(2)3/h11H,6-10,13H2,1-5H3,(H,14,15). The Morgan fingerprint density at radius 3 is 2.29 bits per heavy atom. The van der Waals surface area contributed by atoms with Crippen LogP contribution in [0.3, 0.4) is 0 Å². The third kappa shape index (κ3) is 7.99. The van der Waals surface area contributed by atoms with E-state index >= 15 is 0 Å². The van der Waals surface area contributed by atoms with Crippen LogP contribution >= 0.6 is 0 Å². The van der Waals surface area contributed by atoms with Gasteiger partial charge in [0.05, 0.1) is 0 Å². The largest absolute Gasteiger partial charge is 0.341 e. The molecular formula is C12H29N5. The molecule has 0 fully saturated rings.